The fraction of sp³-hybridized carbons (Fsp3) is 0.800. The summed E-state index contributed by atoms with van der Waals surface area (Å²) in [5.41, 5.74) is 4.00. The van der Waals surface area contributed by atoms with E-state index in [1.165, 1.54) is 0 Å². The van der Waals surface area contributed by atoms with Crippen molar-refractivity contribution in [1.29, 1.82) is 0 Å². The number of ether oxygens (including phenoxy) is 1. The van der Waals surface area contributed by atoms with E-state index in [1.54, 1.807) is 0 Å². The summed E-state index contributed by atoms with van der Waals surface area (Å²) >= 11 is 0. The van der Waals surface area contributed by atoms with Crippen molar-refractivity contribution in [3.8, 4) is 0 Å². The Kier molecular flexibility index (Phi) is 5.57. The van der Waals surface area contributed by atoms with Crippen molar-refractivity contribution in [2.24, 2.45) is 11.8 Å². The van der Waals surface area contributed by atoms with E-state index in [-0.39, 0.29) is 12.1 Å². The van der Waals surface area contributed by atoms with Gasteiger partial charge in [-0.1, -0.05) is 20.8 Å². The highest BCUT2D eigenvalue weighted by atomic mass is 16.5. The highest BCUT2D eigenvalue weighted by molar-refractivity contribution is 5.04. The zero-order valence-corrected chi connectivity index (χ0v) is 12.9. The molecule has 0 bridgehead atoms. The normalized spacial score (nSPS) is 24.4. The number of nitrogens with zero attached hydrogens (tertiary/aromatic N) is 2. The summed E-state index contributed by atoms with van der Waals surface area (Å²) in [7, 11) is 0. The van der Waals surface area contributed by atoms with Gasteiger partial charge in [0.25, 0.3) is 0 Å². The van der Waals surface area contributed by atoms with Gasteiger partial charge in [-0.3, -0.25) is 16.0 Å². The lowest BCUT2D eigenvalue weighted by Gasteiger charge is -2.24. The molecule has 1 fully saturated rings. The molecular formula is C15H28N4O. The van der Waals surface area contributed by atoms with Gasteiger partial charge >= 0.3 is 0 Å². The van der Waals surface area contributed by atoms with Crippen molar-refractivity contribution in [2.45, 2.75) is 64.6 Å². The Labute approximate surface area is 121 Å². The molecule has 114 valence electrons. The van der Waals surface area contributed by atoms with Crippen LogP contribution in [0.3, 0.4) is 0 Å². The summed E-state index contributed by atoms with van der Waals surface area (Å²) in [5, 5.41) is 4.70. The number of aromatic nitrogens is 2. The third-order valence-electron chi connectivity index (χ3n) is 4.46. The van der Waals surface area contributed by atoms with Crippen LogP contribution in [0.25, 0.3) is 0 Å². The van der Waals surface area contributed by atoms with Crippen molar-refractivity contribution in [3.05, 3.63) is 18.0 Å². The lowest BCUT2D eigenvalue weighted by Crippen LogP contribution is -2.47. The number of nitrogens with two attached hydrogens (primary N) is 1. The van der Waals surface area contributed by atoms with Crippen molar-refractivity contribution < 1.29 is 4.74 Å². The lowest BCUT2D eigenvalue weighted by molar-refractivity contribution is 0.0607. The Hall–Kier alpha value is -0.910. The molecule has 0 aromatic carbocycles. The molecule has 1 aliphatic heterocycles. The van der Waals surface area contributed by atoms with Gasteiger partial charge in [-0.05, 0) is 31.2 Å². The average molecular weight is 280 g/mol. The van der Waals surface area contributed by atoms with E-state index < -0.39 is 0 Å². The average Bonchev–Trinajstić information content (AvgIpc) is 3.07. The van der Waals surface area contributed by atoms with E-state index >= 15 is 0 Å². The van der Waals surface area contributed by atoms with Crippen LogP contribution in [-0.4, -0.2) is 28.5 Å². The van der Waals surface area contributed by atoms with Crippen LogP contribution >= 0.6 is 0 Å². The molecular weight excluding hydrogens is 252 g/mol. The molecule has 20 heavy (non-hydrogen) atoms. The van der Waals surface area contributed by atoms with Gasteiger partial charge < -0.3 is 4.74 Å². The second kappa shape index (κ2) is 7.20. The minimum absolute atomic E-state index is 0.137. The van der Waals surface area contributed by atoms with Gasteiger partial charge in [0.2, 0.25) is 0 Å². The molecule has 0 spiro atoms. The zero-order valence-electron chi connectivity index (χ0n) is 12.9. The molecule has 0 aliphatic carbocycles. The molecule has 5 heteroatoms. The molecule has 1 aliphatic rings. The smallest absolute Gasteiger partial charge is 0.0771 e. The molecule has 1 aromatic heterocycles. The summed E-state index contributed by atoms with van der Waals surface area (Å²) in [4.78, 5) is 0. The fourth-order valence-corrected chi connectivity index (χ4v) is 3.08. The van der Waals surface area contributed by atoms with Crippen molar-refractivity contribution in [1.82, 2.24) is 15.2 Å². The summed E-state index contributed by atoms with van der Waals surface area (Å²) in [6, 6.07) is 2.73. The van der Waals surface area contributed by atoms with Crippen LogP contribution in [0.5, 0.6) is 0 Å². The van der Waals surface area contributed by atoms with Crippen molar-refractivity contribution in [2.75, 3.05) is 6.61 Å². The molecule has 3 atom stereocenters. The van der Waals surface area contributed by atoms with Gasteiger partial charge in [-0.2, -0.15) is 5.10 Å². The Morgan fingerprint density at radius 3 is 2.80 bits per heavy atom. The number of hydrazine groups is 1. The van der Waals surface area contributed by atoms with E-state index in [0.717, 1.165) is 38.0 Å². The third kappa shape index (κ3) is 3.40. The molecule has 1 saturated heterocycles. The molecule has 0 saturated carbocycles. The Balaban J connectivity index is 2.01. The number of rotatable bonds is 7. The maximum absolute atomic E-state index is 5.81. The monoisotopic (exact) mass is 280 g/mol. The van der Waals surface area contributed by atoms with Crippen molar-refractivity contribution in [3.63, 3.8) is 0 Å². The molecule has 1 aromatic rings. The molecule has 2 rings (SSSR count). The van der Waals surface area contributed by atoms with Crippen LogP contribution in [-0.2, 0) is 11.2 Å². The SMILES string of the molecule is CCC(CC)n1ccc(CC(NN)C2OCCC2C)n1. The van der Waals surface area contributed by atoms with Crippen LogP contribution < -0.4 is 11.3 Å². The topological polar surface area (TPSA) is 65.1 Å². The highest BCUT2D eigenvalue weighted by Crippen LogP contribution is 2.24. The van der Waals surface area contributed by atoms with E-state index in [2.05, 4.69) is 43.1 Å². The highest BCUT2D eigenvalue weighted by Gasteiger charge is 2.32. The van der Waals surface area contributed by atoms with Crippen molar-refractivity contribution >= 4 is 0 Å². The molecule has 3 N–H and O–H groups in total. The number of hydrogen-bond acceptors (Lipinski definition) is 4. The molecule has 3 unspecified atom stereocenters. The minimum Gasteiger partial charge on any atom is -0.376 e. The quantitative estimate of drug-likeness (QED) is 0.592. The van der Waals surface area contributed by atoms with Crippen LogP contribution in [0.1, 0.15) is 51.8 Å². The van der Waals surface area contributed by atoms with Gasteiger partial charge in [-0.25, -0.2) is 0 Å². The first-order valence-corrected chi connectivity index (χ1v) is 7.81. The van der Waals surface area contributed by atoms with Crippen LogP contribution in [0.2, 0.25) is 0 Å². The Bertz CT molecular complexity index is 402. The first kappa shape index (κ1) is 15.5. The van der Waals surface area contributed by atoms with Crippen LogP contribution in [0, 0.1) is 5.92 Å². The van der Waals surface area contributed by atoms with Gasteiger partial charge in [0.1, 0.15) is 0 Å². The van der Waals surface area contributed by atoms with Gasteiger partial charge in [0, 0.05) is 19.2 Å². The summed E-state index contributed by atoms with van der Waals surface area (Å²) in [6.07, 6.45) is 6.43. The largest absolute Gasteiger partial charge is 0.376 e. The maximum atomic E-state index is 5.81. The maximum Gasteiger partial charge on any atom is 0.0771 e. The van der Waals surface area contributed by atoms with Gasteiger partial charge in [-0.15, -0.1) is 0 Å². The predicted octanol–water partition coefficient (Wildman–Crippen LogP) is 2.04. The second-order valence-corrected chi connectivity index (χ2v) is 5.84. The Morgan fingerprint density at radius 1 is 1.50 bits per heavy atom. The van der Waals surface area contributed by atoms with E-state index in [0.29, 0.717) is 12.0 Å². The molecule has 2 heterocycles. The first-order chi connectivity index (χ1) is 9.69. The first-order valence-electron chi connectivity index (χ1n) is 7.81. The third-order valence-corrected chi connectivity index (χ3v) is 4.46. The van der Waals surface area contributed by atoms with E-state index in [9.17, 15) is 0 Å². The Morgan fingerprint density at radius 2 is 2.25 bits per heavy atom. The zero-order chi connectivity index (χ0) is 14.5. The molecule has 0 radical (unpaired) electrons. The molecule has 5 nitrogen and oxygen atoms in total. The number of hydrogen-bond donors (Lipinski definition) is 2. The molecule has 0 amide bonds. The summed E-state index contributed by atoms with van der Waals surface area (Å²) < 4.78 is 7.90. The number of nitrogens with one attached hydrogen (secondary N) is 1. The van der Waals surface area contributed by atoms with E-state index in [1.807, 2.05) is 0 Å². The predicted molar refractivity (Wildman–Crippen MR) is 80.2 cm³/mol. The standard InChI is InChI=1S/C15H28N4O/c1-4-13(5-2)19-8-6-12(18-19)10-14(17-16)15-11(3)7-9-20-15/h6,8,11,13-15,17H,4-5,7,9-10,16H2,1-3H3. The van der Waals surface area contributed by atoms with Crippen LogP contribution in [0.15, 0.2) is 12.3 Å². The minimum atomic E-state index is 0.137. The second-order valence-electron chi connectivity index (χ2n) is 5.84. The van der Waals surface area contributed by atoms with Gasteiger partial charge in [0.15, 0.2) is 0 Å². The lowest BCUT2D eigenvalue weighted by atomic mass is 9.95. The van der Waals surface area contributed by atoms with E-state index in [4.69, 9.17) is 15.7 Å². The fourth-order valence-electron chi connectivity index (χ4n) is 3.08. The van der Waals surface area contributed by atoms with Gasteiger partial charge in [0.05, 0.1) is 23.9 Å². The summed E-state index contributed by atoms with van der Waals surface area (Å²) in [6.45, 7) is 7.47. The summed E-state index contributed by atoms with van der Waals surface area (Å²) in [5.74, 6) is 6.27. The van der Waals surface area contributed by atoms with Crippen LogP contribution in [0.4, 0.5) is 0 Å².